The zero-order chi connectivity index (χ0) is 20.8. The Hall–Kier alpha value is -1.52. The van der Waals surface area contributed by atoms with Crippen LogP contribution in [0.15, 0.2) is 18.0 Å². The molecule has 5 heteroatoms. The van der Waals surface area contributed by atoms with E-state index in [9.17, 15) is 17.6 Å². The van der Waals surface area contributed by atoms with E-state index >= 15 is 0 Å². The van der Waals surface area contributed by atoms with Crippen molar-refractivity contribution in [2.45, 2.75) is 72.1 Å². The molecule has 1 aromatic carbocycles. The van der Waals surface area contributed by atoms with Crippen LogP contribution < -0.4 is 0 Å². The van der Waals surface area contributed by atoms with Crippen LogP contribution in [0, 0.1) is 35.3 Å². The van der Waals surface area contributed by atoms with Crippen LogP contribution in [0.5, 0.6) is 5.75 Å². The summed E-state index contributed by atoms with van der Waals surface area (Å²) in [6.07, 6.45) is 7.74. The molecule has 0 bridgehead atoms. The summed E-state index contributed by atoms with van der Waals surface area (Å²) in [4.78, 5) is 0. The monoisotopic (exact) mass is 400 g/mol. The standard InChI is InChI=1S/C21H26F4O.C2H6/c1-12-2-4-13(5-3-12)14-6-8-15(9-7-14)18(22)19(23)16-10-11-17(26)21(25)20(16)24;1-2/h10-15,26H,2-9H2,1H3;1-2H3/b19-18+;. The summed E-state index contributed by atoms with van der Waals surface area (Å²) in [6.45, 7) is 6.28. The van der Waals surface area contributed by atoms with Crippen molar-refractivity contribution in [2.24, 2.45) is 23.7 Å². The highest BCUT2D eigenvalue weighted by molar-refractivity contribution is 5.62. The molecule has 158 valence electrons. The number of hydrogen-bond donors (Lipinski definition) is 1. The molecule has 28 heavy (non-hydrogen) atoms. The van der Waals surface area contributed by atoms with Gasteiger partial charge in [0.2, 0.25) is 5.82 Å². The van der Waals surface area contributed by atoms with Crippen molar-refractivity contribution < 1.29 is 22.7 Å². The lowest BCUT2D eigenvalue weighted by Crippen LogP contribution is -2.25. The zero-order valence-corrected chi connectivity index (χ0v) is 17.1. The van der Waals surface area contributed by atoms with Crippen molar-refractivity contribution in [1.82, 2.24) is 0 Å². The van der Waals surface area contributed by atoms with Gasteiger partial charge in [0.1, 0.15) is 5.83 Å². The lowest BCUT2D eigenvalue weighted by molar-refractivity contribution is 0.152. The number of hydrogen-bond acceptors (Lipinski definition) is 1. The molecule has 0 amide bonds. The quantitative estimate of drug-likeness (QED) is 0.511. The molecule has 2 saturated carbocycles. The summed E-state index contributed by atoms with van der Waals surface area (Å²) in [6, 6.07) is 1.71. The first-order valence-electron chi connectivity index (χ1n) is 10.6. The first-order valence-corrected chi connectivity index (χ1v) is 10.6. The molecule has 3 rings (SSSR count). The van der Waals surface area contributed by atoms with Gasteiger partial charge in [-0.25, -0.2) is 13.2 Å². The van der Waals surface area contributed by atoms with Crippen LogP contribution in [-0.4, -0.2) is 5.11 Å². The fourth-order valence-corrected chi connectivity index (χ4v) is 4.62. The normalized spacial score (nSPS) is 28.8. The molecule has 0 radical (unpaired) electrons. The van der Waals surface area contributed by atoms with Gasteiger partial charge in [0.15, 0.2) is 17.4 Å². The van der Waals surface area contributed by atoms with Gasteiger partial charge in [-0.15, -0.1) is 0 Å². The molecule has 0 aromatic heterocycles. The van der Waals surface area contributed by atoms with E-state index in [1.165, 1.54) is 25.7 Å². The largest absolute Gasteiger partial charge is 0.505 e. The minimum absolute atomic E-state index is 0.540. The molecular weight excluding hydrogens is 368 g/mol. The predicted octanol–water partition coefficient (Wildman–Crippen LogP) is 7.94. The summed E-state index contributed by atoms with van der Waals surface area (Å²) in [5.74, 6) is -4.90. The van der Waals surface area contributed by atoms with Gasteiger partial charge in [0.25, 0.3) is 0 Å². The molecule has 1 N–H and O–H groups in total. The van der Waals surface area contributed by atoms with Gasteiger partial charge < -0.3 is 5.11 Å². The van der Waals surface area contributed by atoms with Crippen molar-refractivity contribution in [3.8, 4) is 5.75 Å². The number of phenols is 1. The third-order valence-corrected chi connectivity index (χ3v) is 6.37. The fraction of sp³-hybridized carbons (Fsp3) is 0.652. The van der Waals surface area contributed by atoms with Crippen LogP contribution in [0.25, 0.3) is 5.83 Å². The van der Waals surface area contributed by atoms with E-state index in [0.717, 1.165) is 30.9 Å². The van der Waals surface area contributed by atoms with E-state index < -0.39 is 40.5 Å². The Kier molecular flexibility index (Phi) is 8.38. The maximum absolute atomic E-state index is 14.6. The lowest BCUT2D eigenvalue weighted by Gasteiger charge is -2.37. The Morgan fingerprint density at radius 2 is 1.32 bits per heavy atom. The van der Waals surface area contributed by atoms with Crippen LogP contribution in [-0.2, 0) is 0 Å². The Bertz CT molecular complexity index is 669. The van der Waals surface area contributed by atoms with Gasteiger partial charge >= 0.3 is 0 Å². The van der Waals surface area contributed by atoms with Gasteiger partial charge in [-0.05, 0) is 68.4 Å². The fourth-order valence-electron chi connectivity index (χ4n) is 4.62. The minimum Gasteiger partial charge on any atom is -0.505 e. The van der Waals surface area contributed by atoms with Crippen molar-refractivity contribution >= 4 is 5.83 Å². The van der Waals surface area contributed by atoms with Gasteiger partial charge in [-0.3, -0.25) is 0 Å². The summed E-state index contributed by atoms with van der Waals surface area (Å²) in [5.41, 5.74) is -0.763. The number of allylic oxidation sites excluding steroid dienone is 1. The van der Waals surface area contributed by atoms with E-state index in [-0.39, 0.29) is 0 Å². The average Bonchev–Trinajstić information content (AvgIpc) is 2.73. The summed E-state index contributed by atoms with van der Waals surface area (Å²) >= 11 is 0. The van der Waals surface area contributed by atoms with E-state index in [1.807, 2.05) is 13.8 Å². The van der Waals surface area contributed by atoms with Gasteiger partial charge in [-0.2, -0.15) is 4.39 Å². The highest BCUT2D eigenvalue weighted by atomic mass is 19.2. The molecular formula is C23H32F4O. The number of halogens is 4. The Morgan fingerprint density at radius 1 is 0.821 bits per heavy atom. The SMILES string of the molecule is CC.CC1CCC(C2CCC(/C(F)=C(\F)c3ccc(O)c(F)c3F)CC2)CC1. The molecule has 0 atom stereocenters. The van der Waals surface area contributed by atoms with Gasteiger partial charge in [-0.1, -0.05) is 33.6 Å². The summed E-state index contributed by atoms with van der Waals surface area (Å²) < 4.78 is 56.2. The van der Waals surface area contributed by atoms with E-state index in [4.69, 9.17) is 5.11 Å². The van der Waals surface area contributed by atoms with Crippen molar-refractivity contribution in [2.75, 3.05) is 0 Å². The Balaban J connectivity index is 0.00000136. The van der Waals surface area contributed by atoms with E-state index in [0.29, 0.717) is 24.7 Å². The second-order valence-electron chi connectivity index (χ2n) is 8.05. The topological polar surface area (TPSA) is 20.2 Å². The molecule has 1 aromatic rings. The molecule has 0 unspecified atom stereocenters. The highest BCUT2D eigenvalue weighted by Crippen LogP contribution is 2.44. The van der Waals surface area contributed by atoms with Crippen LogP contribution in [0.2, 0.25) is 0 Å². The molecule has 0 aliphatic heterocycles. The third kappa shape index (κ3) is 5.09. The smallest absolute Gasteiger partial charge is 0.201 e. The van der Waals surface area contributed by atoms with Crippen LogP contribution in [0.4, 0.5) is 17.6 Å². The highest BCUT2D eigenvalue weighted by Gasteiger charge is 2.33. The molecule has 0 spiro atoms. The first kappa shape index (κ1) is 22.8. The maximum Gasteiger partial charge on any atom is 0.201 e. The average molecular weight is 401 g/mol. The minimum atomic E-state index is -1.55. The number of rotatable bonds is 3. The molecule has 0 saturated heterocycles. The van der Waals surface area contributed by atoms with Crippen molar-refractivity contribution in [1.29, 1.82) is 0 Å². The van der Waals surface area contributed by atoms with Crippen molar-refractivity contribution in [3.63, 3.8) is 0 Å². The second kappa shape index (κ2) is 10.3. The number of benzene rings is 1. The zero-order valence-electron chi connectivity index (χ0n) is 17.1. The number of aromatic hydroxyl groups is 1. The summed E-state index contributed by atoms with van der Waals surface area (Å²) in [7, 11) is 0. The molecule has 1 nitrogen and oxygen atoms in total. The van der Waals surface area contributed by atoms with Crippen molar-refractivity contribution in [3.05, 3.63) is 35.2 Å². The molecule has 2 fully saturated rings. The molecule has 2 aliphatic carbocycles. The van der Waals surface area contributed by atoms with Gasteiger partial charge in [0.05, 0.1) is 5.56 Å². The first-order chi connectivity index (χ1) is 13.4. The predicted molar refractivity (Wildman–Crippen MR) is 105 cm³/mol. The van der Waals surface area contributed by atoms with Crippen LogP contribution in [0.1, 0.15) is 77.7 Å². The number of phenolic OH excluding ortho intramolecular Hbond substituents is 1. The Morgan fingerprint density at radius 3 is 1.86 bits per heavy atom. The third-order valence-electron chi connectivity index (χ3n) is 6.37. The summed E-state index contributed by atoms with van der Waals surface area (Å²) in [5, 5.41) is 9.12. The molecule has 0 heterocycles. The van der Waals surface area contributed by atoms with E-state index in [1.54, 1.807) is 0 Å². The Labute approximate surface area is 165 Å². The van der Waals surface area contributed by atoms with Gasteiger partial charge in [0, 0.05) is 5.92 Å². The second-order valence-corrected chi connectivity index (χ2v) is 8.05. The van der Waals surface area contributed by atoms with Crippen LogP contribution in [0.3, 0.4) is 0 Å². The van der Waals surface area contributed by atoms with E-state index in [2.05, 4.69) is 6.92 Å². The maximum atomic E-state index is 14.6. The van der Waals surface area contributed by atoms with Crippen LogP contribution >= 0.6 is 0 Å². The lowest BCUT2D eigenvalue weighted by atomic mass is 9.69. The molecule has 2 aliphatic rings.